The van der Waals surface area contributed by atoms with E-state index in [4.69, 9.17) is 16.6 Å². The molecule has 0 spiro atoms. The highest BCUT2D eigenvalue weighted by Crippen LogP contribution is 2.19. The summed E-state index contributed by atoms with van der Waals surface area (Å²) < 4.78 is 47.7. The minimum absolute atomic E-state index is 0.111. The van der Waals surface area contributed by atoms with E-state index in [1.807, 2.05) is 0 Å². The number of benzene rings is 2. The summed E-state index contributed by atoms with van der Waals surface area (Å²) in [4.78, 5) is 0.249. The normalized spacial score (nSPS) is 11.4. The Bertz CT molecular complexity index is 1160. The van der Waals surface area contributed by atoms with E-state index in [1.165, 1.54) is 47.7 Å². The number of nitrogen functional groups attached to an aromatic ring is 1. The molecule has 7 N–H and O–H groups in total. The van der Waals surface area contributed by atoms with Gasteiger partial charge in [0.15, 0.2) is 0 Å². The summed E-state index contributed by atoms with van der Waals surface area (Å²) in [6.45, 7) is 2.14. The first-order valence-corrected chi connectivity index (χ1v) is 11.9. The molecule has 1 aromatic heterocycles. The molecule has 10 nitrogen and oxygen atoms in total. The number of primary sulfonamides is 1. The molecule has 29 heavy (non-hydrogen) atoms. The van der Waals surface area contributed by atoms with Crippen LogP contribution in [0, 0.1) is 6.92 Å². The minimum Gasteiger partial charge on any atom is -0.399 e. The lowest BCUT2D eigenvalue weighted by atomic mass is 10.2. The van der Waals surface area contributed by atoms with E-state index in [2.05, 4.69) is 14.9 Å². The Kier molecular flexibility index (Phi) is 7.26. The van der Waals surface area contributed by atoms with Crippen LogP contribution in [0.15, 0.2) is 58.3 Å². The lowest BCUT2D eigenvalue weighted by Gasteiger charge is -2.04. The van der Waals surface area contributed by atoms with Crippen molar-refractivity contribution in [1.29, 1.82) is 0 Å². The van der Waals surface area contributed by atoms with Crippen LogP contribution in [0.4, 0.5) is 10.8 Å². The van der Waals surface area contributed by atoms with Crippen molar-refractivity contribution in [2.75, 3.05) is 10.5 Å². The predicted octanol–water partition coefficient (Wildman–Crippen LogP) is 1.02. The van der Waals surface area contributed by atoms with Crippen molar-refractivity contribution >= 4 is 42.2 Å². The van der Waals surface area contributed by atoms with Crippen molar-refractivity contribution in [3.8, 4) is 0 Å². The molecule has 0 bridgehead atoms. The zero-order valence-electron chi connectivity index (χ0n) is 15.3. The molecule has 156 valence electrons. The average molecular weight is 457 g/mol. The fourth-order valence-corrected chi connectivity index (χ4v) is 4.31. The molecule has 1 heterocycles. The largest absolute Gasteiger partial charge is 0.399 e. The van der Waals surface area contributed by atoms with Gasteiger partial charge in [-0.3, -0.25) is 4.72 Å². The van der Waals surface area contributed by atoms with Gasteiger partial charge < -0.3 is 11.5 Å². The molecule has 0 atom stereocenters. The smallest absolute Gasteiger partial charge is 0.263 e. The van der Waals surface area contributed by atoms with Gasteiger partial charge in [-0.15, -0.1) is 10.2 Å². The molecule has 0 radical (unpaired) electrons. The standard InChI is InChI=1S/C9H10N4O2S2.C7H10N2O2S/c1-6-11-12-9(16-6)13-17(14,15)8-4-2-7(10)3-5-8;8-5-6-1-3-7(4-2-6)12(9,10)11/h2-5H,10H2,1H3,(H,12,13);1-4H,5,8H2,(H2,9,10,11). The van der Waals surface area contributed by atoms with Gasteiger partial charge in [0.05, 0.1) is 9.79 Å². The molecule has 0 unspecified atom stereocenters. The Morgan fingerprint density at radius 3 is 1.93 bits per heavy atom. The van der Waals surface area contributed by atoms with Crippen LogP contribution in [0.3, 0.4) is 0 Å². The molecule has 3 rings (SSSR count). The monoisotopic (exact) mass is 456 g/mol. The van der Waals surface area contributed by atoms with E-state index in [0.717, 1.165) is 5.56 Å². The van der Waals surface area contributed by atoms with Gasteiger partial charge in [0.25, 0.3) is 10.0 Å². The van der Waals surface area contributed by atoms with Gasteiger partial charge in [0, 0.05) is 12.2 Å². The third-order valence-corrected chi connectivity index (χ3v) is 6.59. The summed E-state index contributed by atoms with van der Waals surface area (Å²) in [6, 6.07) is 12.1. The molecular formula is C16H20N6O4S3. The zero-order chi connectivity index (χ0) is 21.7. The number of nitrogens with zero attached hydrogens (tertiary/aromatic N) is 2. The highest BCUT2D eigenvalue weighted by molar-refractivity contribution is 7.93. The van der Waals surface area contributed by atoms with Crippen LogP contribution in [-0.4, -0.2) is 27.0 Å². The van der Waals surface area contributed by atoms with Gasteiger partial charge in [-0.1, -0.05) is 23.5 Å². The summed E-state index contributed by atoms with van der Waals surface area (Å²) in [5.74, 6) is 0. The van der Waals surface area contributed by atoms with Crippen molar-refractivity contribution in [2.24, 2.45) is 10.9 Å². The number of nitrogens with one attached hydrogen (secondary N) is 1. The molecule has 0 fully saturated rings. The van der Waals surface area contributed by atoms with E-state index < -0.39 is 20.0 Å². The van der Waals surface area contributed by atoms with Gasteiger partial charge in [0.1, 0.15) is 5.01 Å². The summed E-state index contributed by atoms with van der Waals surface area (Å²) in [5.41, 5.74) is 12.2. The third kappa shape index (κ3) is 6.76. The van der Waals surface area contributed by atoms with Crippen molar-refractivity contribution in [2.45, 2.75) is 23.3 Å². The van der Waals surface area contributed by atoms with Crippen molar-refractivity contribution < 1.29 is 16.8 Å². The number of sulfonamides is 2. The molecule has 0 saturated heterocycles. The van der Waals surface area contributed by atoms with Crippen LogP contribution in [0.1, 0.15) is 10.6 Å². The van der Waals surface area contributed by atoms with E-state index >= 15 is 0 Å². The molecular weight excluding hydrogens is 436 g/mol. The van der Waals surface area contributed by atoms with Crippen LogP contribution in [0.2, 0.25) is 0 Å². The molecule has 13 heteroatoms. The van der Waals surface area contributed by atoms with Gasteiger partial charge in [0.2, 0.25) is 15.2 Å². The first-order chi connectivity index (χ1) is 13.5. The number of nitrogens with two attached hydrogens (primary N) is 3. The highest BCUT2D eigenvalue weighted by atomic mass is 32.2. The Morgan fingerprint density at radius 1 is 0.931 bits per heavy atom. The zero-order valence-corrected chi connectivity index (χ0v) is 17.8. The summed E-state index contributed by atoms with van der Waals surface area (Å²) in [7, 11) is -7.18. The maximum Gasteiger partial charge on any atom is 0.263 e. The topological polar surface area (TPSA) is 184 Å². The minimum atomic E-state index is -3.61. The fraction of sp³-hybridized carbons (Fsp3) is 0.125. The van der Waals surface area contributed by atoms with Crippen LogP contribution >= 0.6 is 11.3 Å². The number of rotatable bonds is 5. The lowest BCUT2D eigenvalue weighted by molar-refractivity contribution is 0.597. The number of hydrogen-bond acceptors (Lipinski definition) is 9. The van der Waals surface area contributed by atoms with Crippen LogP contribution in [0.25, 0.3) is 0 Å². The van der Waals surface area contributed by atoms with Gasteiger partial charge in [-0.25, -0.2) is 22.0 Å². The van der Waals surface area contributed by atoms with Crippen LogP contribution in [-0.2, 0) is 26.6 Å². The second-order valence-electron chi connectivity index (χ2n) is 5.69. The third-order valence-electron chi connectivity index (χ3n) is 3.43. The average Bonchev–Trinajstić information content (AvgIpc) is 3.06. The van der Waals surface area contributed by atoms with Crippen LogP contribution in [0.5, 0.6) is 0 Å². The maximum absolute atomic E-state index is 11.9. The number of aromatic nitrogens is 2. The first kappa shape index (κ1) is 22.7. The lowest BCUT2D eigenvalue weighted by Crippen LogP contribution is -2.12. The van der Waals surface area contributed by atoms with E-state index in [0.29, 0.717) is 17.2 Å². The fourth-order valence-electron chi connectivity index (χ4n) is 1.97. The van der Waals surface area contributed by atoms with Gasteiger partial charge in [-0.05, 0) is 48.9 Å². The molecule has 0 aliphatic carbocycles. The quantitative estimate of drug-likeness (QED) is 0.410. The summed E-state index contributed by atoms with van der Waals surface area (Å²) >= 11 is 1.18. The van der Waals surface area contributed by atoms with Crippen molar-refractivity contribution in [3.05, 3.63) is 59.1 Å². The Hall–Kier alpha value is -2.58. The molecule has 2 aromatic carbocycles. The number of hydrogen-bond donors (Lipinski definition) is 4. The molecule has 0 saturated carbocycles. The predicted molar refractivity (Wildman–Crippen MR) is 112 cm³/mol. The van der Waals surface area contributed by atoms with Crippen molar-refractivity contribution in [1.82, 2.24) is 10.2 Å². The molecule has 0 aliphatic rings. The maximum atomic E-state index is 11.9. The van der Waals surface area contributed by atoms with Crippen LogP contribution < -0.4 is 21.3 Å². The van der Waals surface area contributed by atoms with E-state index in [9.17, 15) is 16.8 Å². The summed E-state index contributed by atoms with van der Waals surface area (Å²) in [5, 5.41) is 13.3. The molecule has 0 aliphatic heterocycles. The Labute approximate surface area is 172 Å². The van der Waals surface area contributed by atoms with E-state index in [-0.39, 0.29) is 14.9 Å². The van der Waals surface area contributed by atoms with Gasteiger partial charge >= 0.3 is 0 Å². The highest BCUT2D eigenvalue weighted by Gasteiger charge is 2.15. The molecule has 0 amide bonds. The Balaban J connectivity index is 0.000000221. The van der Waals surface area contributed by atoms with Crippen molar-refractivity contribution in [3.63, 3.8) is 0 Å². The number of aryl methyl sites for hydroxylation is 1. The molecule has 3 aromatic rings. The second-order valence-corrected chi connectivity index (χ2v) is 10.1. The summed E-state index contributed by atoms with van der Waals surface area (Å²) in [6.07, 6.45) is 0. The first-order valence-electron chi connectivity index (χ1n) is 8.01. The SMILES string of the molecule is Cc1nnc(NS(=O)(=O)c2ccc(N)cc2)s1.NCc1ccc(S(N)(=O)=O)cc1. The van der Waals surface area contributed by atoms with Gasteiger partial charge in [-0.2, -0.15) is 0 Å². The number of anilines is 2. The Morgan fingerprint density at radius 2 is 1.48 bits per heavy atom. The van der Waals surface area contributed by atoms with E-state index in [1.54, 1.807) is 19.1 Å². The second kappa shape index (κ2) is 9.28.